The van der Waals surface area contributed by atoms with E-state index in [-0.39, 0.29) is 12.1 Å². The van der Waals surface area contributed by atoms with Crippen LogP contribution < -0.4 is 10.1 Å². The Hall–Kier alpha value is -1.95. The lowest BCUT2D eigenvalue weighted by atomic mass is 10.2. The van der Waals surface area contributed by atoms with E-state index in [4.69, 9.17) is 4.74 Å². The largest absolute Gasteiger partial charge is 0.481 e. The first-order valence-electron chi connectivity index (χ1n) is 5.82. The number of rotatable bonds is 4. The summed E-state index contributed by atoms with van der Waals surface area (Å²) in [5, 5.41) is 2.65. The number of ether oxygens (including phenoxy) is 1. The zero-order valence-electron chi connectivity index (χ0n) is 10.7. The molecule has 0 bridgehead atoms. The maximum Gasteiger partial charge on any atom is 0.254 e. The van der Waals surface area contributed by atoms with Crippen molar-refractivity contribution in [1.29, 1.82) is 0 Å². The zero-order valence-corrected chi connectivity index (χ0v) is 12.3. The summed E-state index contributed by atoms with van der Waals surface area (Å²) < 4.78 is 19.2. The van der Waals surface area contributed by atoms with Gasteiger partial charge >= 0.3 is 0 Å². The van der Waals surface area contributed by atoms with Gasteiger partial charge in [-0.05, 0) is 29.8 Å². The minimum absolute atomic E-state index is 0.000367. The van der Waals surface area contributed by atoms with Gasteiger partial charge < -0.3 is 10.1 Å². The van der Waals surface area contributed by atoms with Crippen LogP contribution in [0.4, 0.5) is 4.39 Å². The Labute approximate surface area is 124 Å². The maximum atomic E-state index is 13.6. The number of nitrogens with one attached hydrogen (secondary N) is 1. The highest BCUT2D eigenvalue weighted by atomic mass is 79.9. The summed E-state index contributed by atoms with van der Waals surface area (Å²) in [6.45, 7) is 0.268. The van der Waals surface area contributed by atoms with Crippen molar-refractivity contribution in [2.24, 2.45) is 0 Å². The van der Waals surface area contributed by atoms with Crippen molar-refractivity contribution < 1.29 is 13.9 Å². The number of methoxy groups -OCH3 is 1. The molecule has 2 rings (SSSR count). The average molecular weight is 339 g/mol. The number of carbonyl (C=O) groups excluding carboxylic acids is 1. The van der Waals surface area contributed by atoms with Crippen molar-refractivity contribution >= 4 is 21.8 Å². The molecule has 104 valence electrons. The Kier molecular flexibility index (Phi) is 4.68. The van der Waals surface area contributed by atoms with E-state index >= 15 is 0 Å². The van der Waals surface area contributed by atoms with Gasteiger partial charge in [0.05, 0.1) is 12.7 Å². The van der Waals surface area contributed by atoms with Gasteiger partial charge in [0.25, 0.3) is 5.91 Å². The second-order valence-electron chi connectivity index (χ2n) is 4.01. The second-order valence-corrected chi connectivity index (χ2v) is 4.93. The minimum Gasteiger partial charge on any atom is -0.481 e. The fraction of sp³-hybridized carbons (Fsp3) is 0.143. The molecule has 0 aliphatic carbocycles. The van der Waals surface area contributed by atoms with Gasteiger partial charge in [-0.3, -0.25) is 4.79 Å². The molecule has 2 aromatic rings. The van der Waals surface area contributed by atoms with Crippen LogP contribution in [0.25, 0.3) is 0 Å². The lowest BCUT2D eigenvalue weighted by Crippen LogP contribution is -2.23. The quantitative estimate of drug-likeness (QED) is 0.932. The van der Waals surface area contributed by atoms with Crippen molar-refractivity contribution in [2.45, 2.75) is 6.54 Å². The predicted octanol–water partition coefficient (Wildman–Crippen LogP) is 2.92. The van der Waals surface area contributed by atoms with Gasteiger partial charge in [0.1, 0.15) is 5.82 Å². The van der Waals surface area contributed by atoms with E-state index in [1.807, 2.05) is 0 Å². The van der Waals surface area contributed by atoms with Crippen molar-refractivity contribution in [3.8, 4) is 5.88 Å². The van der Waals surface area contributed by atoms with Gasteiger partial charge in [-0.2, -0.15) is 0 Å². The number of hydrogen-bond acceptors (Lipinski definition) is 3. The van der Waals surface area contributed by atoms with Crippen molar-refractivity contribution in [1.82, 2.24) is 10.3 Å². The van der Waals surface area contributed by atoms with E-state index in [0.717, 1.165) is 5.56 Å². The highest BCUT2D eigenvalue weighted by Gasteiger charge is 2.11. The van der Waals surface area contributed by atoms with Crippen LogP contribution in [0.15, 0.2) is 41.0 Å². The number of carbonyl (C=O) groups is 1. The number of amides is 1. The van der Waals surface area contributed by atoms with Crippen molar-refractivity contribution in [2.75, 3.05) is 7.11 Å². The van der Waals surface area contributed by atoms with Gasteiger partial charge in [0.2, 0.25) is 5.88 Å². The minimum atomic E-state index is -0.557. The molecule has 0 radical (unpaired) electrons. The smallest absolute Gasteiger partial charge is 0.254 e. The lowest BCUT2D eigenvalue weighted by Gasteiger charge is -2.07. The molecule has 1 heterocycles. The second kappa shape index (κ2) is 6.47. The number of hydrogen-bond donors (Lipinski definition) is 1. The molecule has 0 aliphatic rings. The van der Waals surface area contributed by atoms with E-state index in [1.165, 1.54) is 19.2 Å². The number of pyridine rings is 1. The number of halogens is 2. The van der Waals surface area contributed by atoms with E-state index in [2.05, 4.69) is 26.2 Å². The SMILES string of the molecule is COc1cc(CNC(=O)c2cc(Br)ccc2F)ccn1. The van der Waals surface area contributed by atoms with E-state index < -0.39 is 11.7 Å². The molecule has 0 saturated carbocycles. The molecule has 20 heavy (non-hydrogen) atoms. The summed E-state index contributed by atoms with van der Waals surface area (Å²) in [5.41, 5.74) is 0.820. The highest BCUT2D eigenvalue weighted by molar-refractivity contribution is 9.10. The summed E-state index contributed by atoms with van der Waals surface area (Å²) in [6, 6.07) is 7.68. The summed E-state index contributed by atoms with van der Waals surface area (Å²) in [5.74, 6) is -0.567. The molecule has 0 spiro atoms. The molecular weight excluding hydrogens is 327 g/mol. The van der Waals surface area contributed by atoms with Gasteiger partial charge in [0.15, 0.2) is 0 Å². The topological polar surface area (TPSA) is 51.2 Å². The Morgan fingerprint density at radius 2 is 2.20 bits per heavy atom. The first kappa shape index (κ1) is 14.5. The van der Waals surface area contributed by atoms with Crippen LogP contribution in [-0.4, -0.2) is 18.0 Å². The van der Waals surface area contributed by atoms with E-state index in [9.17, 15) is 9.18 Å². The molecule has 4 nitrogen and oxygen atoms in total. The van der Waals surface area contributed by atoms with Gasteiger partial charge in [-0.25, -0.2) is 9.37 Å². The molecule has 1 N–H and O–H groups in total. The summed E-state index contributed by atoms with van der Waals surface area (Å²) in [6.07, 6.45) is 1.58. The number of nitrogens with zero attached hydrogens (tertiary/aromatic N) is 1. The summed E-state index contributed by atoms with van der Waals surface area (Å²) in [4.78, 5) is 15.9. The average Bonchev–Trinajstić information content (AvgIpc) is 2.47. The van der Waals surface area contributed by atoms with E-state index in [1.54, 1.807) is 24.4 Å². The molecule has 0 fully saturated rings. The lowest BCUT2D eigenvalue weighted by molar-refractivity contribution is 0.0946. The Bertz CT molecular complexity index is 634. The molecule has 1 aromatic heterocycles. The monoisotopic (exact) mass is 338 g/mol. The zero-order chi connectivity index (χ0) is 14.5. The van der Waals surface area contributed by atoms with Crippen LogP contribution in [0.1, 0.15) is 15.9 Å². The van der Waals surface area contributed by atoms with Crippen molar-refractivity contribution in [3.63, 3.8) is 0 Å². The third-order valence-electron chi connectivity index (χ3n) is 2.63. The van der Waals surface area contributed by atoms with Crippen molar-refractivity contribution in [3.05, 3.63) is 57.9 Å². The first-order chi connectivity index (χ1) is 9.60. The third-order valence-corrected chi connectivity index (χ3v) is 3.13. The van der Waals surface area contributed by atoms with Gasteiger partial charge in [-0.1, -0.05) is 15.9 Å². The molecule has 0 atom stereocenters. The van der Waals surface area contributed by atoms with Gasteiger partial charge in [0, 0.05) is 23.3 Å². The standard InChI is InChI=1S/C14H12BrFN2O2/c1-20-13-6-9(4-5-17-13)8-18-14(19)11-7-10(15)2-3-12(11)16/h2-7H,8H2,1H3,(H,18,19). The summed E-state index contributed by atoms with van der Waals surface area (Å²) in [7, 11) is 1.52. The number of aromatic nitrogens is 1. The first-order valence-corrected chi connectivity index (χ1v) is 6.61. The molecule has 0 aliphatic heterocycles. The third kappa shape index (κ3) is 3.54. The highest BCUT2D eigenvalue weighted by Crippen LogP contribution is 2.16. The molecule has 1 aromatic carbocycles. The molecule has 0 saturated heterocycles. The molecule has 0 unspecified atom stereocenters. The van der Waals surface area contributed by atoms with Crippen LogP contribution >= 0.6 is 15.9 Å². The molecule has 1 amide bonds. The van der Waals surface area contributed by atoms with Crippen LogP contribution in [0.2, 0.25) is 0 Å². The van der Waals surface area contributed by atoms with Crippen LogP contribution in [0, 0.1) is 5.82 Å². The Morgan fingerprint density at radius 1 is 1.40 bits per heavy atom. The van der Waals surface area contributed by atoms with Crippen LogP contribution in [0.3, 0.4) is 0 Å². The maximum absolute atomic E-state index is 13.6. The fourth-order valence-corrected chi connectivity index (χ4v) is 1.98. The number of benzene rings is 1. The fourth-order valence-electron chi connectivity index (χ4n) is 1.62. The normalized spacial score (nSPS) is 10.2. The Balaban J connectivity index is 2.06. The van der Waals surface area contributed by atoms with Crippen LogP contribution in [0.5, 0.6) is 5.88 Å². The van der Waals surface area contributed by atoms with E-state index in [0.29, 0.717) is 10.4 Å². The predicted molar refractivity (Wildman–Crippen MR) is 76.1 cm³/mol. The van der Waals surface area contributed by atoms with Gasteiger partial charge in [-0.15, -0.1) is 0 Å². The summed E-state index contributed by atoms with van der Waals surface area (Å²) >= 11 is 3.21. The molecular formula is C14H12BrFN2O2. The van der Waals surface area contributed by atoms with Crippen LogP contribution in [-0.2, 0) is 6.54 Å². The molecule has 6 heteroatoms. The Morgan fingerprint density at radius 3 is 2.95 bits per heavy atom.